The van der Waals surface area contributed by atoms with E-state index in [2.05, 4.69) is 15.3 Å². The number of para-hydroxylation sites is 2. The largest absolute Gasteiger partial charge is 0.493 e. The number of nitrogens with zero attached hydrogens (tertiary/aromatic N) is 2. The summed E-state index contributed by atoms with van der Waals surface area (Å²) in [6.07, 6.45) is 6.85. The lowest BCUT2D eigenvalue weighted by Crippen LogP contribution is -2.31. The average Bonchev–Trinajstić information content (AvgIpc) is 2.58. The van der Waals surface area contributed by atoms with Crippen molar-refractivity contribution in [1.82, 2.24) is 15.3 Å². The molecule has 3 rings (SSSR count). The molecule has 0 radical (unpaired) electrons. The second-order valence-corrected chi connectivity index (χ2v) is 5.50. The van der Waals surface area contributed by atoms with Crippen molar-refractivity contribution >= 4 is 0 Å². The third kappa shape index (κ3) is 3.74. The van der Waals surface area contributed by atoms with Crippen LogP contribution in [0.4, 0.5) is 0 Å². The van der Waals surface area contributed by atoms with Crippen LogP contribution in [0.15, 0.2) is 36.7 Å². The zero-order valence-electron chi connectivity index (χ0n) is 12.8. The van der Waals surface area contributed by atoms with E-state index < -0.39 is 0 Å². The second kappa shape index (κ2) is 7.22. The molecule has 1 aliphatic heterocycles. The first-order chi connectivity index (χ1) is 10.8. The lowest BCUT2D eigenvalue weighted by Gasteiger charge is -2.21. The minimum absolute atomic E-state index is 0.620. The molecule has 0 aliphatic carbocycles. The molecule has 1 fully saturated rings. The molecule has 1 aliphatic rings. The molecule has 22 heavy (non-hydrogen) atoms. The van der Waals surface area contributed by atoms with E-state index in [4.69, 9.17) is 9.47 Å². The van der Waals surface area contributed by atoms with Gasteiger partial charge in [0.1, 0.15) is 5.82 Å². The van der Waals surface area contributed by atoms with Crippen molar-refractivity contribution < 1.29 is 9.47 Å². The van der Waals surface area contributed by atoms with E-state index in [0.717, 1.165) is 25.3 Å². The van der Waals surface area contributed by atoms with Gasteiger partial charge in [-0.3, -0.25) is 0 Å². The zero-order valence-corrected chi connectivity index (χ0v) is 12.8. The van der Waals surface area contributed by atoms with Gasteiger partial charge in [-0.05, 0) is 44.0 Å². The van der Waals surface area contributed by atoms with Gasteiger partial charge in [0.2, 0.25) is 0 Å². The molecule has 1 N–H and O–H groups in total. The molecule has 2 heterocycles. The maximum absolute atomic E-state index is 5.78. The number of hydrogen-bond acceptors (Lipinski definition) is 5. The number of rotatable bonds is 5. The van der Waals surface area contributed by atoms with Crippen molar-refractivity contribution in [3.63, 3.8) is 0 Å². The Bertz CT molecular complexity index is 595. The standard InChI is InChI=1S/C17H21N3O2/c1-21-15-6-2-3-7-16(15)22-14-11-19-17(20-12-14)9-13-5-4-8-18-10-13/h2-3,6-7,11-13,18H,4-5,8-10H2,1H3. The highest BCUT2D eigenvalue weighted by Gasteiger charge is 2.15. The summed E-state index contributed by atoms with van der Waals surface area (Å²) in [5.74, 6) is 3.49. The molecule has 1 saturated heterocycles. The lowest BCUT2D eigenvalue weighted by molar-refractivity contribution is 0.368. The van der Waals surface area contributed by atoms with Crippen LogP contribution < -0.4 is 14.8 Å². The Morgan fingerprint density at radius 3 is 2.64 bits per heavy atom. The highest BCUT2D eigenvalue weighted by Crippen LogP contribution is 2.30. The van der Waals surface area contributed by atoms with Gasteiger partial charge < -0.3 is 14.8 Å². The summed E-state index contributed by atoms with van der Waals surface area (Å²) in [7, 11) is 1.62. The Kier molecular flexibility index (Phi) is 4.85. The Morgan fingerprint density at radius 1 is 1.18 bits per heavy atom. The smallest absolute Gasteiger partial charge is 0.169 e. The summed E-state index contributed by atoms with van der Waals surface area (Å²) in [4.78, 5) is 8.84. The topological polar surface area (TPSA) is 56.3 Å². The molecule has 5 heteroatoms. The summed E-state index contributed by atoms with van der Waals surface area (Å²) in [5, 5.41) is 3.42. The maximum Gasteiger partial charge on any atom is 0.169 e. The minimum Gasteiger partial charge on any atom is -0.493 e. The van der Waals surface area contributed by atoms with E-state index in [0.29, 0.717) is 23.2 Å². The van der Waals surface area contributed by atoms with Gasteiger partial charge in [-0.25, -0.2) is 9.97 Å². The molecule has 116 valence electrons. The van der Waals surface area contributed by atoms with Crippen LogP contribution in [0.1, 0.15) is 18.7 Å². The van der Waals surface area contributed by atoms with Crippen molar-refractivity contribution in [2.75, 3.05) is 20.2 Å². The fraction of sp³-hybridized carbons (Fsp3) is 0.412. The SMILES string of the molecule is COc1ccccc1Oc1cnc(CC2CCCNC2)nc1. The fourth-order valence-corrected chi connectivity index (χ4v) is 2.69. The number of methoxy groups -OCH3 is 1. The molecule has 1 atom stereocenters. The molecule has 0 bridgehead atoms. The van der Waals surface area contributed by atoms with Gasteiger partial charge in [-0.15, -0.1) is 0 Å². The molecule has 2 aromatic rings. The van der Waals surface area contributed by atoms with Crippen LogP contribution in [0.25, 0.3) is 0 Å². The third-order valence-electron chi connectivity index (χ3n) is 3.85. The predicted molar refractivity (Wildman–Crippen MR) is 84.4 cm³/mol. The Hall–Kier alpha value is -2.14. The van der Waals surface area contributed by atoms with E-state index in [9.17, 15) is 0 Å². The van der Waals surface area contributed by atoms with Gasteiger partial charge in [0, 0.05) is 6.42 Å². The monoisotopic (exact) mass is 299 g/mol. The van der Waals surface area contributed by atoms with Crippen LogP contribution in [0, 0.1) is 5.92 Å². The summed E-state index contributed by atoms with van der Waals surface area (Å²) in [6.45, 7) is 2.19. The first kappa shape index (κ1) is 14.8. The van der Waals surface area contributed by atoms with Crippen LogP contribution >= 0.6 is 0 Å². The van der Waals surface area contributed by atoms with E-state index in [1.165, 1.54) is 12.8 Å². The van der Waals surface area contributed by atoms with Crippen molar-refractivity contribution in [3.05, 3.63) is 42.5 Å². The van der Waals surface area contributed by atoms with Gasteiger partial charge >= 0.3 is 0 Å². The van der Waals surface area contributed by atoms with E-state index in [1.54, 1.807) is 19.5 Å². The summed E-state index contributed by atoms with van der Waals surface area (Å²) >= 11 is 0. The van der Waals surface area contributed by atoms with Gasteiger partial charge in [0.15, 0.2) is 17.2 Å². The van der Waals surface area contributed by atoms with Crippen LogP contribution in [-0.4, -0.2) is 30.2 Å². The molecule has 0 amide bonds. The lowest BCUT2D eigenvalue weighted by atomic mass is 9.96. The maximum atomic E-state index is 5.78. The highest BCUT2D eigenvalue weighted by molar-refractivity contribution is 5.41. The summed E-state index contributed by atoms with van der Waals surface area (Å²) in [5.41, 5.74) is 0. The first-order valence-electron chi connectivity index (χ1n) is 7.67. The van der Waals surface area contributed by atoms with Crippen molar-refractivity contribution in [2.45, 2.75) is 19.3 Å². The first-order valence-corrected chi connectivity index (χ1v) is 7.67. The molecular formula is C17H21N3O2. The Balaban J connectivity index is 1.63. The molecular weight excluding hydrogens is 278 g/mol. The van der Waals surface area contributed by atoms with E-state index in [-0.39, 0.29) is 0 Å². The molecule has 1 aromatic carbocycles. The Morgan fingerprint density at radius 2 is 1.95 bits per heavy atom. The predicted octanol–water partition coefficient (Wildman–Crippen LogP) is 2.82. The van der Waals surface area contributed by atoms with Crippen LogP contribution in [-0.2, 0) is 6.42 Å². The molecule has 5 nitrogen and oxygen atoms in total. The number of aromatic nitrogens is 2. The van der Waals surface area contributed by atoms with Gasteiger partial charge in [0.05, 0.1) is 19.5 Å². The number of benzene rings is 1. The normalized spacial score (nSPS) is 18.0. The zero-order chi connectivity index (χ0) is 15.2. The number of piperidine rings is 1. The average molecular weight is 299 g/mol. The molecule has 0 saturated carbocycles. The fourth-order valence-electron chi connectivity index (χ4n) is 2.69. The van der Waals surface area contributed by atoms with Gasteiger partial charge in [0.25, 0.3) is 0 Å². The van der Waals surface area contributed by atoms with Gasteiger partial charge in [-0.1, -0.05) is 12.1 Å². The van der Waals surface area contributed by atoms with Crippen LogP contribution in [0.3, 0.4) is 0 Å². The van der Waals surface area contributed by atoms with E-state index in [1.807, 2.05) is 24.3 Å². The molecule has 1 aromatic heterocycles. The third-order valence-corrected chi connectivity index (χ3v) is 3.85. The second-order valence-electron chi connectivity index (χ2n) is 5.50. The van der Waals surface area contributed by atoms with Crippen LogP contribution in [0.2, 0.25) is 0 Å². The molecule has 0 spiro atoms. The quantitative estimate of drug-likeness (QED) is 0.920. The number of ether oxygens (including phenoxy) is 2. The highest BCUT2D eigenvalue weighted by atomic mass is 16.5. The van der Waals surface area contributed by atoms with Gasteiger partial charge in [-0.2, -0.15) is 0 Å². The summed E-state index contributed by atoms with van der Waals surface area (Å²) < 4.78 is 11.1. The number of hydrogen-bond donors (Lipinski definition) is 1. The van der Waals surface area contributed by atoms with E-state index >= 15 is 0 Å². The van der Waals surface area contributed by atoms with Crippen molar-refractivity contribution in [2.24, 2.45) is 5.92 Å². The number of nitrogens with one attached hydrogen (secondary N) is 1. The Labute approximate surface area is 130 Å². The summed E-state index contributed by atoms with van der Waals surface area (Å²) in [6, 6.07) is 7.54. The van der Waals surface area contributed by atoms with Crippen LogP contribution in [0.5, 0.6) is 17.2 Å². The molecule has 1 unspecified atom stereocenters. The van der Waals surface area contributed by atoms with Crippen molar-refractivity contribution in [1.29, 1.82) is 0 Å². The minimum atomic E-state index is 0.620. The van der Waals surface area contributed by atoms with Crippen molar-refractivity contribution in [3.8, 4) is 17.2 Å².